The molecule has 4 aromatic heterocycles. The van der Waals surface area contributed by atoms with Crippen LogP contribution in [-0.4, -0.2) is 76.5 Å². The van der Waals surface area contributed by atoms with E-state index >= 15 is 0 Å². The van der Waals surface area contributed by atoms with E-state index < -0.39 is 24.5 Å². The molecule has 1 aliphatic heterocycles. The van der Waals surface area contributed by atoms with Crippen LogP contribution in [0.3, 0.4) is 0 Å². The molecule has 0 aliphatic carbocycles. The van der Waals surface area contributed by atoms with Crippen LogP contribution in [-0.2, 0) is 22.6 Å². The first-order valence-corrected chi connectivity index (χ1v) is 12.7. The second kappa shape index (κ2) is 11.1. The zero-order valence-electron chi connectivity index (χ0n) is 21.5. The van der Waals surface area contributed by atoms with E-state index in [0.717, 1.165) is 11.1 Å². The lowest BCUT2D eigenvalue weighted by molar-refractivity contribution is -0.0683. The minimum absolute atomic E-state index is 0.0544. The van der Waals surface area contributed by atoms with Gasteiger partial charge in [-0.15, -0.1) is 0 Å². The van der Waals surface area contributed by atoms with Gasteiger partial charge in [0.15, 0.2) is 29.0 Å². The highest BCUT2D eigenvalue weighted by atomic mass is 19.1. The first-order valence-electron chi connectivity index (χ1n) is 12.7. The lowest BCUT2D eigenvalue weighted by Crippen LogP contribution is -2.33. The van der Waals surface area contributed by atoms with Crippen molar-refractivity contribution in [2.45, 2.75) is 37.7 Å². The summed E-state index contributed by atoms with van der Waals surface area (Å²) in [5.74, 6) is 0.912. The molecule has 0 amide bonds. The summed E-state index contributed by atoms with van der Waals surface area (Å²) < 4.78 is 28.7. The number of benzene rings is 1. The maximum absolute atomic E-state index is 13.6. The molecule has 0 unspecified atom stereocenters. The maximum atomic E-state index is 13.6. The summed E-state index contributed by atoms with van der Waals surface area (Å²) >= 11 is 0. The first kappa shape index (κ1) is 26.0. The van der Waals surface area contributed by atoms with E-state index in [1.54, 1.807) is 33.9 Å². The molecule has 1 aromatic carbocycles. The van der Waals surface area contributed by atoms with Gasteiger partial charge in [0.1, 0.15) is 30.5 Å². The number of anilines is 1. The minimum atomic E-state index is -1.23. The largest absolute Gasteiger partial charge is 0.387 e. The topological polar surface area (TPSA) is 136 Å². The highest BCUT2D eigenvalue weighted by molar-refractivity contribution is 5.83. The quantitative estimate of drug-likeness (QED) is 0.283. The lowest BCUT2D eigenvalue weighted by Gasteiger charge is -2.19. The van der Waals surface area contributed by atoms with Crippen molar-refractivity contribution in [3.63, 3.8) is 0 Å². The molecular weight excluding hydrogens is 519 g/mol. The van der Waals surface area contributed by atoms with Crippen LogP contribution >= 0.6 is 0 Å². The van der Waals surface area contributed by atoms with E-state index in [0.29, 0.717) is 29.3 Å². The van der Waals surface area contributed by atoms with Crippen LogP contribution in [0.15, 0.2) is 73.7 Å². The van der Waals surface area contributed by atoms with Crippen molar-refractivity contribution in [2.75, 3.05) is 18.6 Å². The van der Waals surface area contributed by atoms with Gasteiger partial charge in [0.2, 0.25) is 0 Å². The maximum Gasteiger partial charge on any atom is 0.167 e. The summed E-state index contributed by atoms with van der Waals surface area (Å²) in [7, 11) is 1.82. The van der Waals surface area contributed by atoms with Gasteiger partial charge in [0.25, 0.3) is 0 Å². The van der Waals surface area contributed by atoms with Gasteiger partial charge in [-0.2, -0.15) is 5.10 Å². The fraction of sp³-hybridized carbons (Fsp3) is 0.296. The van der Waals surface area contributed by atoms with Gasteiger partial charge >= 0.3 is 0 Å². The molecular formula is C27H27FN8O4. The Morgan fingerprint density at radius 3 is 2.73 bits per heavy atom. The summed E-state index contributed by atoms with van der Waals surface area (Å²) in [4.78, 5) is 19.4. The number of hydrogen-bond acceptors (Lipinski definition) is 10. The predicted molar refractivity (Wildman–Crippen MR) is 141 cm³/mol. The van der Waals surface area contributed by atoms with Crippen LogP contribution in [0.1, 0.15) is 17.4 Å². The summed E-state index contributed by atoms with van der Waals surface area (Å²) in [5, 5.41) is 25.6. The molecule has 1 fully saturated rings. The van der Waals surface area contributed by atoms with Gasteiger partial charge in [-0.3, -0.25) is 4.57 Å². The molecule has 206 valence electrons. The number of imidazole rings is 1. The number of halogens is 1. The monoisotopic (exact) mass is 546 g/mol. The van der Waals surface area contributed by atoms with Crippen LogP contribution in [0.5, 0.6) is 0 Å². The number of hydrogen-bond donors (Lipinski definition) is 2. The smallest absolute Gasteiger partial charge is 0.167 e. The molecule has 1 aliphatic rings. The Morgan fingerprint density at radius 1 is 1.05 bits per heavy atom. The van der Waals surface area contributed by atoms with Crippen molar-refractivity contribution in [1.82, 2.24) is 34.3 Å². The third kappa shape index (κ3) is 5.14. The Bertz CT molecular complexity index is 1580. The number of ether oxygens (including phenoxy) is 2. The third-order valence-corrected chi connectivity index (χ3v) is 6.72. The average molecular weight is 547 g/mol. The van der Waals surface area contributed by atoms with E-state index in [-0.39, 0.29) is 19.0 Å². The van der Waals surface area contributed by atoms with Gasteiger partial charge in [-0.1, -0.05) is 18.2 Å². The van der Waals surface area contributed by atoms with E-state index in [1.807, 2.05) is 36.2 Å². The molecule has 0 spiro atoms. The molecule has 5 aromatic rings. The molecule has 0 radical (unpaired) electrons. The standard InChI is InChI=1S/C27H27FN8O4/c1-34(12-17-4-2-5-19(28)10-17)25-22-26(31-15-30-25)35(16-32-22)27-24(38)23(37)20(40-27)14-39-13-18-6-7-21(29-11-18)36-9-3-8-33-36/h2-11,15-16,20,23-24,27,37-38H,12-14H2,1H3/t20-,23-,24-,27-/m1/s1. The summed E-state index contributed by atoms with van der Waals surface area (Å²) in [6.07, 6.45) is 3.95. The SMILES string of the molecule is CN(Cc1cccc(F)c1)c1ncnc2c1ncn2[C@@H]1O[C@H](COCc2ccc(-n3cccn3)nc2)[C@@H](O)[C@H]1O. The van der Waals surface area contributed by atoms with E-state index in [9.17, 15) is 14.6 Å². The number of rotatable bonds is 9. The number of nitrogens with zero attached hydrogens (tertiary/aromatic N) is 8. The Kier molecular flexibility index (Phi) is 7.17. The third-order valence-electron chi connectivity index (χ3n) is 6.72. The second-order valence-corrected chi connectivity index (χ2v) is 9.54. The summed E-state index contributed by atoms with van der Waals surface area (Å²) in [6.45, 7) is 0.708. The molecule has 40 heavy (non-hydrogen) atoms. The van der Waals surface area contributed by atoms with E-state index in [2.05, 4.69) is 25.0 Å². The highest BCUT2D eigenvalue weighted by Crippen LogP contribution is 2.33. The van der Waals surface area contributed by atoms with E-state index in [4.69, 9.17) is 9.47 Å². The summed E-state index contributed by atoms with van der Waals surface area (Å²) in [5.41, 5.74) is 2.53. The Balaban J connectivity index is 1.12. The van der Waals surface area contributed by atoms with Gasteiger partial charge in [0, 0.05) is 32.2 Å². The van der Waals surface area contributed by atoms with Crippen LogP contribution in [0.4, 0.5) is 10.2 Å². The fourth-order valence-corrected chi connectivity index (χ4v) is 4.72. The van der Waals surface area contributed by atoms with Crippen LogP contribution < -0.4 is 4.90 Å². The number of aliphatic hydroxyl groups is 2. The van der Waals surface area contributed by atoms with E-state index in [1.165, 1.54) is 24.8 Å². The Labute approximate surface area is 228 Å². The highest BCUT2D eigenvalue weighted by Gasteiger charge is 2.44. The van der Waals surface area contributed by atoms with Gasteiger partial charge in [-0.25, -0.2) is 29.0 Å². The van der Waals surface area contributed by atoms with Gasteiger partial charge in [0.05, 0.1) is 19.5 Å². The van der Waals surface area contributed by atoms with Crippen molar-refractivity contribution in [3.05, 3.63) is 90.7 Å². The molecule has 5 heterocycles. The predicted octanol–water partition coefficient (Wildman–Crippen LogP) is 2.02. The van der Waals surface area contributed by atoms with Gasteiger partial charge < -0.3 is 24.6 Å². The fourth-order valence-electron chi connectivity index (χ4n) is 4.72. The summed E-state index contributed by atoms with van der Waals surface area (Å²) in [6, 6.07) is 11.9. The molecule has 12 nitrogen and oxygen atoms in total. The molecule has 0 saturated carbocycles. The zero-order valence-corrected chi connectivity index (χ0v) is 21.5. The first-order chi connectivity index (χ1) is 19.5. The average Bonchev–Trinajstić information content (AvgIpc) is 3.70. The normalized spacial score (nSPS) is 20.8. The number of pyridine rings is 1. The number of aromatic nitrogens is 7. The van der Waals surface area contributed by atoms with Crippen LogP contribution in [0, 0.1) is 5.82 Å². The second-order valence-electron chi connectivity index (χ2n) is 9.54. The minimum Gasteiger partial charge on any atom is -0.387 e. The molecule has 1 saturated heterocycles. The Morgan fingerprint density at radius 2 is 1.95 bits per heavy atom. The van der Waals surface area contributed by atoms with Crippen molar-refractivity contribution >= 4 is 17.0 Å². The Hall–Kier alpha value is -4.30. The molecule has 2 N–H and O–H groups in total. The molecule has 4 atom stereocenters. The molecule has 6 rings (SSSR count). The van der Waals surface area contributed by atoms with Gasteiger partial charge in [-0.05, 0) is 35.4 Å². The van der Waals surface area contributed by atoms with Crippen LogP contribution in [0.2, 0.25) is 0 Å². The lowest BCUT2D eigenvalue weighted by atomic mass is 10.1. The number of aliphatic hydroxyl groups excluding tert-OH is 2. The van der Waals surface area contributed by atoms with Crippen molar-refractivity contribution in [1.29, 1.82) is 0 Å². The number of fused-ring (bicyclic) bond motifs is 1. The van der Waals surface area contributed by atoms with Crippen molar-refractivity contribution in [3.8, 4) is 5.82 Å². The van der Waals surface area contributed by atoms with Crippen LogP contribution in [0.25, 0.3) is 17.0 Å². The van der Waals surface area contributed by atoms with Crippen molar-refractivity contribution < 1.29 is 24.1 Å². The molecule has 0 bridgehead atoms. The zero-order chi connectivity index (χ0) is 27.6. The van der Waals surface area contributed by atoms with Crippen molar-refractivity contribution in [2.24, 2.45) is 0 Å². The molecule has 13 heteroatoms.